The molecule has 1 aliphatic heterocycles. The minimum absolute atomic E-state index is 0.100. The van der Waals surface area contributed by atoms with Crippen LogP contribution in [0.3, 0.4) is 0 Å². The zero-order chi connectivity index (χ0) is 26.7. The van der Waals surface area contributed by atoms with Crippen molar-refractivity contribution >= 4 is 35.0 Å². The molecule has 0 unspecified atom stereocenters. The van der Waals surface area contributed by atoms with Gasteiger partial charge in [0.15, 0.2) is 16.3 Å². The van der Waals surface area contributed by atoms with E-state index in [9.17, 15) is 9.59 Å². The molecule has 0 saturated carbocycles. The second kappa shape index (κ2) is 10.9. The van der Waals surface area contributed by atoms with E-state index in [1.807, 2.05) is 0 Å². The van der Waals surface area contributed by atoms with E-state index in [1.165, 1.54) is 37.2 Å². The molecule has 0 aliphatic carbocycles. The number of carbonyl (C=O) groups excluding carboxylic acids is 1. The lowest BCUT2D eigenvalue weighted by atomic mass is 9.95. The van der Waals surface area contributed by atoms with Gasteiger partial charge >= 0.3 is 5.97 Å². The van der Waals surface area contributed by atoms with Crippen molar-refractivity contribution in [3.8, 4) is 29.6 Å². The van der Waals surface area contributed by atoms with Gasteiger partial charge in [0.25, 0.3) is 5.56 Å². The maximum absolute atomic E-state index is 13.8. The van der Waals surface area contributed by atoms with E-state index >= 15 is 0 Å². The predicted molar refractivity (Wildman–Crippen MR) is 141 cm³/mol. The molecule has 0 N–H and O–H groups in total. The number of rotatable bonds is 7. The van der Waals surface area contributed by atoms with Crippen molar-refractivity contribution in [1.82, 2.24) is 4.57 Å². The first-order chi connectivity index (χ1) is 17.8. The summed E-state index contributed by atoms with van der Waals surface area (Å²) in [6.45, 7) is 1.80. The molecule has 4 rings (SSSR count). The molecule has 0 fully saturated rings. The Kier molecular flexibility index (Phi) is 7.71. The molecule has 0 radical (unpaired) electrons. The fourth-order valence-corrected chi connectivity index (χ4v) is 5.30. The van der Waals surface area contributed by atoms with Crippen LogP contribution in [0, 0.1) is 12.3 Å². The van der Waals surface area contributed by atoms with E-state index in [1.54, 1.807) is 49.4 Å². The van der Waals surface area contributed by atoms with Gasteiger partial charge in [-0.1, -0.05) is 34.9 Å². The summed E-state index contributed by atoms with van der Waals surface area (Å²) in [6.07, 6.45) is 7.00. The fourth-order valence-electron chi connectivity index (χ4n) is 4.07. The van der Waals surface area contributed by atoms with Gasteiger partial charge in [-0.3, -0.25) is 9.36 Å². The van der Waals surface area contributed by atoms with Crippen LogP contribution in [0.25, 0.3) is 6.08 Å². The second-order valence-electron chi connectivity index (χ2n) is 7.86. The van der Waals surface area contributed by atoms with Crippen LogP contribution in [0.2, 0.25) is 5.02 Å². The zero-order valence-electron chi connectivity index (χ0n) is 20.5. The molecule has 0 amide bonds. The Bertz CT molecular complexity index is 1630. The Hall–Kier alpha value is -4.00. The molecule has 8 nitrogen and oxygen atoms in total. The molecule has 2 heterocycles. The lowest BCUT2D eigenvalue weighted by molar-refractivity contribution is -0.136. The number of hydrogen-bond donors (Lipinski definition) is 0. The van der Waals surface area contributed by atoms with Crippen LogP contribution in [0.1, 0.15) is 24.1 Å². The average Bonchev–Trinajstić information content (AvgIpc) is 3.20. The first-order valence-corrected chi connectivity index (χ1v) is 12.2. The summed E-state index contributed by atoms with van der Waals surface area (Å²) in [7, 11) is 4.31. The highest BCUT2D eigenvalue weighted by molar-refractivity contribution is 7.07. The third-order valence-electron chi connectivity index (χ3n) is 5.71. The van der Waals surface area contributed by atoms with Crippen molar-refractivity contribution in [2.45, 2.75) is 13.0 Å². The Balaban J connectivity index is 1.93. The molecule has 0 saturated heterocycles. The molecule has 1 atom stereocenters. The van der Waals surface area contributed by atoms with E-state index in [0.29, 0.717) is 48.4 Å². The van der Waals surface area contributed by atoms with Gasteiger partial charge in [-0.25, -0.2) is 9.79 Å². The van der Waals surface area contributed by atoms with E-state index < -0.39 is 12.0 Å². The maximum atomic E-state index is 13.8. The first kappa shape index (κ1) is 26.1. The molecule has 1 aromatic heterocycles. The maximum Gasteiger partial charge on any atom is 0.338 e. The number of carbonyl (C=O) groups is 1. The molecule has 0 spiro atoms. The quantitative estimate of drug-likeness (QED) is 0.339. The van der Waals surface area contributed by atoms with E-state index in [4.69, 9.17) is 37.0 Å². The van der Waals surface area contributed by atoms with Crippen LogP contribution in [0.5, 0.6) is 17.2 Å². The van der Waals surface area contributed by atoms with E-state index in [0.717, 1.165) is 0 Å². The minimum atomic E-state index is -0.853. The number of thiazole rings is 1. The molecular weight excluding hydrogens is 516 g/mol. The molecule has 3 aromatic rings. The van der Waals surface area contributed by atoms with Gasteiger partial charge in [-0.15, -0.1) is 6.42 Å². The Morgan fingerprint density at radius 2 is 1.89 bits per heavy atom. The second-order valence-corrected chi connectivity index (χ2v) is 9.31. The fraction of sp³-hybridized carbons (Fsp3) is 0.222. The Morgan fingerprint density at radius 1 is 1.16 bits per heavy atom. The molecule has 37 heavy (non-hydrogen) atoms. The van der Waals surface area contributed by atoms with Crippen molar-refractivity contribution in [1.29, 1.82) is 0 Å². The highest BCUT2D eigenvalue weighted by Crippen LogP contribution is 2.37. The van der Waals surface area contributed by atoms with E-state index in [-0.39, 0.29) is 17.7 Å². The van der Waals surface area contributed by atoms with Crippen molar-refractivity contribution < 1.29 is 23.7 Å². The summed E-state index contributed by atoms with van der Waals surface area (Å²) in [5.74, 6) is 3.24. The van der Waals surface area contributed by atoms with Crippen molar-refractivity contribution in [3.05, 3.63) is 83.5 Å². The number of halogens is 1. The van der Waals surface area contributed by atoms with Crippen LogP contribution in [0.15, 0.2) is 57.5 Å². The van der Waals surface area contributed by atoms with Gasteiger partial charge in [0, 0.05) is 10.6 Å². The van der Waals surface area contributed by atoms with Crippen LogP contribution < -0.4 is 29.1 Å². The van der Waals surface area contributed by atoms with Gasteiger partial charge in [0.1, 0.15) is 18.4 Å². The first-order valence-electron chi connectivity index (χ1n) is 11.0. The van der Waals surface area contributed by atoms with Crippen molar-refractivity contribution in [2.24, 2.45) is 4.99 Å². The Morgan fingerprint density at radius 3 is 2.57 bits per heavy atom. The summed E-state index contributed by atoms with van der Waals surface area (Å²) in [5.41, 5.74) is 1.56. The Labute approximate surface area is 222 Å². The summed E-state index contributed by atoms with van der Waals surface area (Å²) in [5, 5.41) is 0.427. The molecule has 1 aliphatic rings. The van der Waals surface area contributed by atoms with E-state index in [2.05, 4.69) is 10.9 Å². The van der Waals surface area contributed by atoms with Crippen molar-refractivity contribution in [3.63, 3.8) is 0 Å². The van der Waals surface area contributed by atoms with Crippen LogP contribution in [0.4, 0.5) is 0 Å². The van der Waals surface area contributed by atoms with Crippen LogP contribution in [-0.2, 0) is 9.53 Å². The summed E-state index contributed by atoms with van der Waals surface area (Å²) < 4.78 is 23.4. The normalized spacial score (nSPS) is 14.9. The smallest absolute Gasteiger partial charge is 0.338 e. The molecule has 190 valence electrons. The average molecular weight is 539 g/mol. The number of nitrogens with zero attached hydrogens (tertiary/aromatic N) is 2. The van der Waals surface area contributed by atoms with Gasteiger partial charge in [0.2, 0.25) is 0 Å². The van der Waals surface area contributed by atoms with Gasteiger partial charge in [-0.05, 0) is 48.9 Å². The largest absolute Gasteiger partial charge is 0.496 e. The molecule has 0 bridgehead atoms. The molecule has 2 aromatic carbocycles. The standard InChI is InChI=1S/C27H23ClN2O6S/c1-6-11-36-20-9-7-16(12-21(20)34-4)13-22-25(31)30-24(18-14-17(28)8-10-19(18)33-3)23(26(32)35-5)15(2)29-27(30)37-22/h1,7-10,12-14,24H,11H2,2-5H3/b22-13-/t24-/m1/s1. The summed E-state index contributed by atoms with van der Waals surface area (Å²) >= 11 is 7.51. The van der Waals surface area contributed by atoms with Crippen molar-refractivity contribution in [2.75, 3.05) is 27.9 Å². The number of aromatic nitrogens is 1. The van der Waals surface area contributed by atoms with Crippen LogP contribution >= 0.6 is 22.9 Å². The minimum Gasteiger partial charge on any atom is -0.496 e. The lowest BCUT2D eigenvalue weighted by Gasteiger charge is -2.25. The molecular formula is C27H23ClN2O6S. The van der Waals surface area contributed by atoms with Gasteiger partial charge in [-0.2, -0.15) is 0 Å². The monoisotopic (exact) mass is 538 g/mol. The number of ether oxygens (including phenoxy) is 4. The summed E-state index contributed by atoms with van der Waals surface area (Å²) in [4.78, 5) is 31.6. The summed E-state index contributed by atoms with van der Waals surface area (Å²) in [6, 6.07) is 9.43. The predicted octanol–water partition coefficient (Wildman–Crippen LogP) is 3.09. The number of hydrogen-bond acceptors (Lipinski definition) is 8. The van der Waals surface area contributed by atoms with Gasteiger partial charge < -0.3 is 18.9 Å². The number of terminal acetylenes is 1. The number of benzene rings is 2. The number of allylic oxidation sites excluding steroid dienone is 1. The highest BCUT2D eigenvalue weighted by Gasteiger charge is 2.35. The number of fused-ring (bicyclic) bond motifs is 1. The zero-order valence-corrected chi connectivity index (χ0v) is 22.1. The highest BCUT2D eigenvalue weighted by atomic mass is 35.5. The van der Waals surface area contributed by atoms with Crippen LogP contribution in [-0.4, -0.2) is 38.5 Å². The lowest BCUT2D eigenvalue weighted by Crippen LogP contribution is -2.40. The number of esters is 1. The third-order valence-corrected chi connectivity index (χ3v) is 6.93. The SMILES string of the molecule is C#CCOc1ccc(/C=c2\sc3n(c2=O)[C@H](c2cc(Cl)ccc2OC)C(C(=O)OC)=C(C)N=3)cc1OC. The third kappa shape index (κ3) is 4.99. The topological polar surface area (TPSA) is 88.4 Å². The van der Waals surface area contributed by atoms with Gasteiger partial charge in [0.05, 0.1) is 37.1 Å². The number of methoxy groups -OCH3 is 3. The molecule has 10 heteroatoms.